The van der Waals surface area contributed by atoms with Crippen LogP contribution in [0.25, 0.3) is 11.0 Å². The Morgan fingerprint density at radius 3 is 2.42 bits per heavy atom. The molecule has 3 aromatic heterocycles. The second-order valence-corrected chi connectivity index (χ2v) is 13.6. The maximum atomic E-state index is 13.3. The molecule has 8 rings (SSSR count). The van der Waals surface area contributed by atoms with Crippen LogP contribution >= 0.6 is 0 Å². The Hall–Kier alpha value is -5.70. The van der Waals surface area contributed by atoms with Crippen molar-refractivity contribution in [2.75, 3.05) is 42.1 Å². The van der Waals surface area contributed by atoms with Crippen molar-refractivity contribution in [3.8, 4) is 0 Å². The Bertz CT molecular complexity index is 2120. The molecule has 15 nitrogen and oxygen atoms in total. The lowest BCUT2D eigenvalue weighted by molar-refractivity contribution is -0.136. The Labute approximate surface area is 300 Å². The van der Waals surface area contributed by atoms with Crippen molar-refractivity contribution in [1.29, 1.82) is 0 Å². The molecular formula is C37H42N10O5. The number of ketones is 1. The zero-order valence-corrected chi connectivity index (χ0v) is 29.3. The first-order chi connectivity index (χ1) is 25.1. The summed E-state index contributed by atoms with van der Waals surface area (Å²) in [5, 5.41) is 9.53. The third kappa shape index (κ3) is 6.70. The van der Waals surface area contributed by atoms with Crippen molar-refractivity contribution in [2.45, 2.75) is 71.0 Å². The van der Waals surface area contributed by atoms with E-state index in [0.29, 0.717) is 47.2 Å². The van der Waals surface area contributed by atoms with Gasteiger partial charge >= 0.3 is 0 Å². The smallest absolute Gasteiger partial charge is 0.263 e. The third-order valence-corrected chi connectivity index (χ3v) is 10.3. The predicted molar refractivity (Wildman–Crippen MR) is 196 cm³/mol. The zero-order chi connectivity index (χ0) is 36.5. The molecule has 5 N–H and O–H groups in total. The van der Waals surface area contributed by atoms with Gasteiger partial charge in [-0.05, 0) is 62.9 Å². The van der Waals surface area contributed by atoms with E-state index in [9.17, 15) is 24.0 Å². The predicted octanol–water partition coefficient (Wildman–Crippen LogP) is 3.00. The fraction of sp³-hybridized carbons (Fsp3) is 0.405. The number of pyridine rings is 2. The van der Waals surface area contributed by atoms with Gasteiger partial charge in [-0.25, -0.2) is 9.97 Å². The molecule has 52 heavy (non-hydrogen) atoms. The molecule has 4 aromatic rings. The molecule has 1 aromatic carbocycles. The number of hydrogen-bond donors (Lipinski definition) is 4. The number of nitrogens with two attached hydrogens (primary N) is 1. The first kappa shape index (κ1) is 34.7. The van der Waals surface area contributed by atoms with Crippen LogP contribution in [0, 0.1) is 6.92 Å². The number of aromatic nitrogens is 4. The number of nitrogens with one attached hydrogen (secondary N) is 3. The number of imide groups is 1. The molecule has 1 atom stereocenters. The Morgan fingerprint density at radius 2 is 1.75 bits per heavy atom. The molecule has 1 unspecified atom stereocenters. The minimum absolute atomic E-state index is 0.0536. The normalized spacial score (nSPS) is 19.0. The molecule has 0 radical (unpaired) electrons. The summed E-state index contributed by atoms with van der Waals surface area (Å²) < 4.78 is 1.72. The summed E-state index contributed by atoms with van der Waals surface area (Å²) in [5.41, 5.74) is 10.0. The second kappa shape index (κ2) is 14.5. The van der Waals surface area contributed by atoms with Crippen LogP contribution in [0.3, 0.4) is 0 Å². The number of piperidine rings is 1. The summed E-state index contributed by atoms with van der Waals surface area (Å²) in [4.78, 5) is 78.3. The number of aryl methyl sites for hydroxylation is 1. The highest BCUT2D eigenvalue weighted by Crippen LogP contribution is 2.33. The van der Waals surface area contributed by atoms with Crippen molar-refractivity contribution in [3.05, 3.63) is 75.3 Å². The maximum absolute atomic E-state index is 13.3. The molecule has 270 valence electrons. The number of carbonyl (C=O) groups is 4. The Kier molecular flexibility index (Phi) is 9.69. The minimum atomic E-state index is -0.586. The van der Waals surface area contributed by atoms with Gasteiger partial charge in [0.25, 0.3) is 11.5 Å². The molecule has 2 saturated heterocycles. The lowest BCUT2D eigenvalue weighted by atomic mass is 10.0. The fourth-order valence-corrected chi connectivity index (χ4v) is 7.60. The van der Waals surface area contributed by atoms with Gasteiger partial charge in [0.15, 0.2) is 5.78 Å². The highest BCUT2D eigenvalue weighted by molar-refractivity contribution is 6.06. The number of hydrogen-bond acceptors (Lipinski definition) is 12. The van der Waals surface area contributed by atoms with Crippen molar-refractivity contribution in [2.24, 2.45) is 0 Å². The van der Waals surface area contributed by atoms with Gasteiger partial charge in [0, 0.05) is 73.6 Å². The van der Waals surface area contributed by atoms with Gasteiger partial charge in [-0.15, -0.1) is 0 Å². The van der Waals surface area contributed by atoms with Crippen LogP contribution in [0.15, 0.2) is 47.5 Å². The summed E-state index contributed by atoms with van der Waals surface area (Å²) in [6.07, 6.45) is 8.15. The number of piperazine rings is 1. The van der Waals surface area contributed by atoms with Gasteiger partial charge in [-0.2, -0.15) is 4.98 Å². The number of rotatable bonds is 6. The topological polar surface area (TPSA) is 198 Å². The summed E-state index contributed by atoms with van der Waals surface area (Å²) in [6, 6.07) is 8.59. The average molecular weight is 707 g/mol. The van der Waals surface area contributed by atoms with Crippen molar-refractivity contribution in [1.82, 2.24) is 35.1 Å². The van der Waals surface area contributed by atoms with E-state index in [1.165, 1.54) is 11.8 Å². The van der Waals surface area contributed by atoms with Crippen molar-refractivity contribution in [3.63, 3.8) is 0 Å². The summed E-state index contributed by atoms with van der Waals surface area (Å²) >= 11 is 0. The van der Waals surface area contributed by atoms with E-state index >= 15 is 0 Å². The first-order valence-electron chi connectivity index (χ1n) is 17.7. The summed E-state index contributed by atoms with van der Waals surface area (Å²) in [5.74, 6) is -0.0917. The van der Waals surface area contributed by atoms with Gasteiger partial charge in [-0.1, -0.05) is 18.9 Å². The molecule has 0 spiro atoms. The van der Waals surface area contributed by atoms with E-state index in [2.05, 4.69) is 30.8 Å². The fourth-order valence-electron chi connectivity index (χ4n) is 7.60. The van der Waals surface area contributed by atoms with Crippen LogP contribution in [0.2, 0.25) is 0 Å². The van der Waals surface area contributed by atoms with Gasteiger partial charge in [-0.3, -0.25) is 33.9 Å². The number of anilines is 4. The van der Waals surface area contributed by atoms with E-state index in [0.717, 1.165) is 68.5 Å². The zero-order valence-electron chi connectivity index (χ0n) is 29.3. The SMILES string of the molecule is CC(=O)c1c(C)c2cnc(Nc3ccc(N4CCNCC4)cn3)nc2n(C2CCCC2)c1=O.Nc1cccc2c1CN(C1CCC(=O)NC1=O)C2=O. The monoisotopic (exact) mass is 706 g/mol. The van der Waals surface area contributed by atoms with E-state index in [4.69, 9.17) is 10.7 Å². The van der Waals surface area contributed by atoms with E-state index in [-0.39, 0.29) is 41.2 Å². The summed E-state index contributed by atoms with van der Waals surface area (Å²) in [6.45, 7) is 7.43. The average Bonchev–Trinajstić information content (AvgIpc) is 3.78. The largest absolute Gasteiger partial charge is 0.398 e. The van der Waals surface area contributed by atoms with Crippen molar-refractivity contribution < 1.29 is 19.2 Å². The molecule has 6 heterocycles. The third-order valence-electron chi connectivity index (χ3n) is 10.3. The van der Waals surface area contributed by atoms with E-state index in [1.807, 2.05) is 18.3 Å². The van der Waals surface area contributed by atoms with Crippen LogP contribution < -0.4 is 32.1 Å². The van der Waals surface area contributed by atoms with Crippen molar-refractivity contribution >= 4 is 57.7 Å². The molecule has 0 bridgehead atoms. The number of amides is 3. The number of nitrogens with zero attached hydrogens (tertiary/aromatic N) is 6. The van der Waals surface area contributed by atoms with Crippen LogP contribution in [-0.4, -0.2) is 80.1 Å². The molecule has 15 heteroatoms. The van der Waals surface area contributed by atoms with Crippen LogP contribution in [0.4, 0.5) is 23.1 Å². The van der Waals surface area contributed by atoms with Gasteiger partial charge in [0.05, 0.1) is 17.4 Å². The molecule has 1 saturated carbocycles. The first-order valence-corrected chi connectivity index (χ1v) is 17.7. The number of fused-ring (bicyclic) bond motifs is 2. The quantitative estimate of drug-likeness (QED) is 0.130. The summed E-state index contributed by atoms with van der Waals surface area (Å²) in [7, 11) is 0. The lowest BCUT2D eigenvalue weighted by Gasteiger charge is -2.29. The Balaban J connectivity index is 0.000000187. The second-order valence-electron chi connectivity index (χ2n) is 13.6. The van der Waals surface area contributed by atoms with Gasteiger partial charge < -0.3 is 26.2 Å². The molecule has 3 aliphatic heterocycles. The molecule has 3 amide bonds. The highest BCUT2D eigenvalue weighted by atomic mass is 16.2. The molecule has 3 fully saturated rings. The Morgan fingerprint density at radius 1 is 0.981 bits per heavy atom. The van der Waals surface area contributed by atoms with Crippen LogP contribution in [-0.2, 0) is 16.1 Å². The van der Waals surface area contributed by atoms with Gasteiger partial charge in [0.2, 0.25) is 17.8 Å². The number of Topliss-reactive ketones (excluding diaryl/α,β-unsaturated/α-hetero) is 1. The van der Waals surface area contributed by atoms with Crippen LogP contribution in [0.5, 0.6) is 0 Å². The molecule has 1 aliphatic carbocycles. The molecule has 4 aliphatic rings. The number of nitrogen functional groups attached to an aromatic ring is 1. The van der Waals surface area contributed by atoms with Crippen LogP contribution in [0.1, 0.15) is 83.3 Å². The van der Waals surface area contributed by atoms with E-state index < -0.39 is 11.9 Å². The minimum Gasteiger partial charge on any atom is -0.398 e. The standard InChI is InChI=1S/C24H29N7O2.C13H13N3O3/c1-15-19-14-27-24(28-20-8-7-18(13-26-20)30-11-9-25-10-12-30)29-22(19)31(17-5-3-4-6-17)23(33)21(15)16(2)32;14-9-3-1-2-7-8(9)6-16(13(7)19)10-4-5-11(17)15-12(10)18/h7-8,13-14,17,25H,3-6,9-12H2,1-2H3,(H,26,27,28,29);1-3,10H,4-6,14H2,(H,15,17,18). The van der Waals surface area contributed by atoms with Gasteiger partial charge in [0.1, 0.15) is 17.5 Å². The number of carbonyl (C=O) groups excluding carboxylic acids is 4. The highest BCUT2D eigenvalue weighted by Gasteiger charge is 2.39. The lowest BCUT2D eigenvalue weighted by Crippen LogP contribution is -2.52. The molecular weight excluding hydrogens is 664 g/mol. The maximum Gasteiger partial charge on any atom is 0.263 e. The number of benzene rings is 1. The van der Waals surface area contributed by atoms with E-state index in [1.54, 1.807) is 35.9 Å².